The zero-order valence-electron chi connectivity index (χ0n) is 26.2. The number of H-pyrrole nitrogens is 1. The smallest absolute Gasteiger partial charge is 0.218 e. The van der Waals surface area contributed by atoms with Crippen LogP contribution in [-0.2, 0) is 0 Å². The first-order chi connectivity index (χ1) is 23.8. The van der Waals surface area contributed by atoms with E-state index in [9.17, 15) is 0 Å². The van der Waals surface area contributed by atoms with Gasteiger partial charge in [-0.15, -0.1) is 0 Å². The molecule has 0 unspecified atom stereocenters. The Labute approximate surface area is 279 Å². The third-order valence-electron chi connectivity index (χ3n) is 9.18. The van der Waals surface area contributed by atoms with Crippen LogP contribution in [-0.4, -0.2) is 16.4 Å². The molecule has 9 rings (SSSR count). The van der Waals surface area contributed by atoms with E-state index in [4.69, 9.17) is 4.99 Å². The average Bonchev–Trinajstić information content (AvgIpc) is 3.98. The van der Waals surface area contributed by atoms with Crippen molar-refractivity contribution in [2.75, 3.05) is 0 Å². The Hall–Kier alpha value is -6.36. The van der Waals surface area contributed by atoms with Gasteiger partial charge in [-0.3, -0.25) is 5.32 Å². The highest BCUT2D eigenvalue weighted by atomic mass is 14.9. The topological polar surface area (TPSA) is 58.7 Å². The lowest BCUT2D eigenvalue weighted by Crippen LogP contribution is -2.79. The van der Waals surface area contributed by atoms with Crippen LogP contribution in [0, 0.1) is 0 Å². The molecule has 4 N–H and O–H groups in total. The van der Waals surface area contributed by atoms with Crippen molar-refractivity contribution in [2.24, 2.45) is 4.99 Å². The van der Waals surface area contributed by atoms with E-state index < -0.39 is 0 Å². The van der Waals surface area contributed by atoms with Crippen LogP contribution in [0.1, 0.15) is 22.3 Å². The number of nitrogens with zero attached hydrogens (tertiary/aromatic N) is 1. The van der Waals surface area contributed by atoms with Crippen molar-refractivity contribution in [3.05, 3.63) is 226 Å². The van der Waals surface area contributed by atoms with Gasteiger partial charge in [0.15, 0.2) is 0 Å². The molecule has 4 aromatic carbocycles. The molecule has 5 aromatic rings. The highest BCUT2D eigenvalue weighted by Crippen LogP contribution is 2.33. The summed E-state index contributed by atoms with van der Waals surface area (Å²) >= 11 is 0. The third-order valence-corrected chi connectivity index (χ3v) is 9.18. The minimum absolute atomic E-state index is 0.928. The maximum atomic E-state index is 5.37. The molecule has 0 aliphatic carbocycles. The van der Waals surface area contributed by atoms with Gasteiger partial charge in [-0.1, -0.05) is 121 Å². The molecule has 0 radical (unpaired) electrons. The molecule has 0 fully saturated rings. The minimum atomic E-state index is 0.928. The molecule has 1 aromatic heterocycles. The fraction of sp³-hybridized carbons (Fsp3) is 0. The lowest BCUT2D eigenvalue weighted by atomic mass is 9.99. The van der Waals surface area contributed by atoms with Crippen molar-refractivity contribution in [3.63, 3.8) is 0 Å². The van der Waals surface area contributed by atoms with E-state index in [1.54, 1.807) is 0 Å². The summed E-state index contributed by atoms with van der Waals surface area (Å²) in [5.74, 6) is 0. The number of fused-ring (bicyclic) bond motifs is 6. The van der Waals surface area contributed by atoms with Crippen LogP contribution in [0.4, 0.5) is 0 Å². The predicted molar refractivity (Wildman–Crippen MR) is 194 cm³/mol. The van der Waals surface area contributed by atoms with Gasteiger partial charge in [0, 0.05) is 35.2 Å². The molecular weight excluding hydrogens is 585 g/mol. The number of aromatic nitrogens is 1. The molecule has 48 heavy (non-hydrogen) atoms. The van der Waals surface area contributed by atoms with Crippen molar-refractivity contribution in [2.45, 2.75) is 0 Å². The second-order valence-electron chi connectivity index (χ2n) is 12.1. The van der Waals surface area contributed by atoms with Gasteiger partial charge in [-0.2, -0.15) is 0 Å². The van der Waals surface area contributed by atoms with Crippen molar-refractivity contribution in [1.29, 1.82) is 0 Å². The maximum absolute atomic E-state index is 5.37. The summed E-state index contributed by atoms with van der Waals surface area (Å²) in [4.78, 5) is 13.1. The van der Waals surface area contributed by atoms with E-state index in [0.29, 0.717) is 0 Å². The molecule has 0 saturated heterocycles. The van der Waals surface area contributed by atoms with Crippen LogP contribution in [0.5, 0.6) is 0 Å². The van der Waals surface area contributed by atoms with Gasteiger partial charge in [0.05, 0.1) is 27.9 Å². The Morgan fingerprint density at radius 3 is 1.56 bits per heavy atom. The van der Waals surface area contributed by atoms with Gasteiger partial charge >= 0.3 is 0 Å². The summed E-state index contributed by atoms with van der Waals surface area (Å²) in [5, 5.41) is 4.36. The first-order valence-electron chi connectivity index (χ1n) is 16.3. The molecule has 0 spiro atoms. The lowest BCUT2D eigenvalue weighted by Gasteiger charge is -2.12. The molecule has 8 bridgehead atoms. The molecule has 226 valence electrons. The van der Waals surface area contributed by atoms with Crippen LogP contribution in [0.25, 0.3) is 22.3 Å². The Balaban J connectivity index is 1.39. The van der Waals surface area contributed by atoms with Crippen LogP contribution in [0.3, 0.4) is 0 Å². The molecule has 0 atom stereocenters. The highest BCUT2D eigenvalue weighted by Gasteiger charge is 2.31. The Kier molecular flexibility index (Phi) is 6.85. The Bertz CT molecular complexity index is 2290. The van der Waals surface area contributed by atoms with E-state index in [1.807, 2.05) is 0 Å². The van der Waals surface area contributed by atoms with E-state index in [2.05, 4.69) is 185 Å². The number of quaternary nitrogens is 1. The van der Waals surface area contributed by atoms with E-state index in [1.165, 1.54) is 0 Å². The van der Waals surface area contributed by atoms with Gasteiger partial charge in [-0.25, -0.2) is 9.98 Å². The van der Waals surface area contributed by atoms with Crippen LogP contribution in [0.15, 0.2) is 198 Å². The van der Waals surface area contributed by atoms with E-state index in [-0.39, 0.29) is 0 Å². The predicted octanol–water partition coefficient (Wildman–Crippen LogP) is 4.70. The fourth-order valence-corrected chi connectivity index (χ4v) is 7.03. The number of nitrogens with two attached hydrogens (primary N) is 1. The van der Waals surface area contributed by atoms with Gasteiger partial charge in [0.25, 0.3) is 0 Å². The van der Waals surface area contributed by atoms with Gasteiger partial charge in [0.1, 0.15) is 17.0 Å². The first kappa shape index (κ1) is 27.9. The average molecular weight is 617 g/mol. The number of allylic oxidation sites excluding steroid dienone is 8. The second-order valence-corrected chi connectivity index (χ2v) is 12.1. The van der Waals surface area contributed by atoms with Crippen molar-refractivity contribution in [3.8, 4) is 0 Å². The summed E-state index contributed by atoms with van der Waals surface area (Å²) < 4.78 is 0. The third kappa shape index (κ3) is 4.92. The SMILES string of the molecule is C1=CC2=C(c3ccccc3)C3=CC=C([NH2+]3)C(c3ccccc3)=C3C=CC(=[NH+]3)C(c3ccccc3)=c3ccc([nH]3)=C(c3ccccc3)C1=N2. The van der Waals surface area contributed by atoms with Gasteiger partial charge in [-0.05, 0) is 46.5 Å². The van der Waals surface area contributed by atoms with Gasteiger partial charge < -0.3 is 4.98 Å². The summed E-state index contributed by atoms with van der Waals surface area (Å²) in [5.41, 5.74) is 15.2. The summed E-state index contributed by atoms with van der Waals surface area (Å²) in [6.07, 6.45) is 13.2. The molecular formula is C44H32N4+2. The Morgan fingerprint density at radius 2 is 0.958 bits per heavy atom. The monoisotopic (exact) mass is 616 g/mol. The summed E-state index contributed by atoms with van der Waals surface area (Å²) in [6.45, 7) is 0. The lowest BCUT2D eigenvalue weighted by molar-refractivity contribution is -0.537. The summed E-state index contributed by atoms with van der Waals surface area (Å²) in [7, 11) is 0. The normalized spacial score (nSPS) is 16.8. The molecule has 4 aliphatic heterocycles. The number of aliphatic imine (C=N–C) groups is 1. The Morgan fingerprint density at radius 1 is 0.458 bits per heavy atom. The second kappa shape index (κ2) is 11.8. The quantitative estimate of drug-likeness (QED) is 0.263. The first-order valence-corrected chi connectivity index (χ1v) is 16.3. The largest absolute Gasteiger partial charge is 0.354 e. The molecule has 0 amide bonds. The van der Waals surface area contributed by atoms with Crippen molar-refractivity contribution < 1.29 is 10.3 Å². The zero-order valence-corrected chi connectivity index (χ0v) is 26.2. The van der Waals surface area contributed by atoms with E-state index >= 15 is 0 Å². The fourth-order valence-electron chi connectivity index (χ4n) is 7.03. The standard InChI is InChI=1S/C44H30N4/c1-5-13-29(14-6-1)41-33-21-23-35(45-33)42(30-15-7-2-8-16-30)37-25-27-39(47-37)44(32-19-11-4-12-20-32)40-28-26-38(48-40)43(31-17-9-3-10-18-31)36-24-22-34(41)46-36/h1-28,45,48H/p+2. The number of hydrogen-bond donors (Lipinski definition) is 3. The van der Waals surface area contributed by atoms with E-state index in [0.717, 1.165) is 89.5 Å². The summed E-state index contributed by atoms with van der Waals surface area (Å²) in [6, 6.07) is 46.8. The van der Waals surface area contributed by atoms with Gasteiger partial charge in [0.2, 0.25) is 11.4 Å². The molecule has 4 nitrogen and oxygen atoms in total. The van der Waals surface area contributed by atoms with Crippen molar-refractivity contribution >= 4 is 33.7 Å². The van der Waals surface area contributed by atoms with Crippen molar-refractivity contribution in [1.82, 2.24) is 4.98 Å². The number of rotatable bonds is 4. The van der Waals surface area contributed by atoms with Crippen LogP contribution in [0.2, 0.25) is 0 Å². The van der Waals surface area contributed by atoms with Crippen LogP contribution < -0.4 is 21.0 Å². The maximum Gasteiger partial charge on any atom is 0.218 e. The number of aromatic amines is 1. The minimum Gasteiger partial charge on any atom is -0.354 e. The zero-order chi connectivity index (χ0) is 31.9. The molecule has 4 aliphatic rings. The molecule has 5 heterocycles. The van der Waals surface area contributed by atoms with Crippen LogP contribution >= 0.6 is 0 Å². The number of nitrogens with one attached hydrogen (secondary N) is 2. The highest BCUT2D eigenvalue weighted by molar-refractivity contribution is 6.30. The number of benzene rings is 4. The molecule has 4 heteroatoms. The number of hydrogen-bond acceptors (Lipinski definition) is 1. The molecule has 0 saturated carbocycles.